The average Bonchev–Trinajstić information content (AvgIpc) is 3.13. The van der Waals surface area contributed by atoms with Crippen LogP contribution in [0.2, 0.25) is 5.02 Å². The third-order valence-electron chi connectivity index (χ3n) is 5.24. The molecule has 8 nitrogen and oxygen atoms in total. The number of hydrogen-bond acceptors (Lipinski definition) is 5. The molecular formula is C23H23ClN4O4. The van der Waals surface area contributed by atoms with Gasteiger partial charge in [0.15, 0.2) is 11.2 Å². The largest absolute Gasteiger partial charge is 0.424 e. The van der Waals surface area contributed by atoms with Gasteiger partial charge in [-0.25, -0.2) is 4.79 Å². The van der Waals surface area contributed by atoms with E-state index >= 15 is 0 Å². The molecule has 166 valence electrons. The van der Waals surface area contributed by atoms with Crippen molar-refractivity contribution in [1.29, 1.82) is 0 Å². The van der Waals surface area contributed by atoms with Crippen LogP contribution in [0.1, 0.15) is 17.5 Å². The molecule has 0 unspecified atom stereocenters. The smallest absolute Gasteiger partial charge is 0.332 e. The molecule has 0 atom stereocenters. The SMILES string of the molecule is Cc1ccc(Cn2c(Oc3ccccc3Cl)nc3c2c(=O)n(CCCO)c(=O)n3C)cc1. The normalized spacial score (nSPS) is 11.2. The molecule has 2 aromatic heterocycles. The fourth-order valence-electron chi connectivity index (χ4n) is 3.50. The number of halogens is 1. The second-order valence-electron chi connectivity index (χ2n) is 7.55. The second-order valence-corrected chi connectivity index (χ2v) is 7.95. The van der Waals surface area contributed by atoms with Gasteiger partial charge in [0.25, 0.3) is 5.56 Å². The van der Waals surface area contributed by atoms with Crippen LogP contribution >= 0.6 is 11.6 Å². The predicted octanol–water partition coefficient (Wildman–Crippen LogP) is 3.08. The molecule has 4 rings (SSSR count). The van der Waals surface area contributed by atoms with Gasteiger partial charge in [-0.3, -0.25) is 18.5 Å². The average molecular weight is 455 g/mol. The zero-order chi connectivity index (χ0) is 22.8. The lowest BCUT2D eigenvalue weighted by atomic mass is 10.1. The molecule has 9 heteroatoms. The molecule has 1 N–H and O–H groups in total. The van der Waals surface area contributed by atoms with Crippen molar-refractivity contribution in [3.8, 4) is 11.8 Å². The molecule has 0 aliphatic carbocycles. The third kappa shape index (κ3) is 4.06. The zero-order valence-electron chi connectivity index (χ0n) is 17.8. The molecule has 0 aliphatic heterocycles. The summed E-state index contributed by atoms with van der Waals surface area (Å²) in [5.74, 6) is 0.389. The minimum absolute atomic E-state index is 0.106. The quantitative estimate of drug-likeness (QED) is 0.463. The lowest BCUT2D eigenvalue weighted by molar-refractivity contribution is 0.277. The van der Waals surface area contributed by atoms with Gasteiger partial charge in [-0.1, -0.05) is 53.6 Å². The Balaban J connectivity index is 1.95. The number of imidazole rings is 1. The Kier molecular flexibility index (Phi) is 6.16. The van der Waals surface area contributed by atoms with Gasteiger partial charge in [0.1, 0.15) is 5.75 Å². The number of benzene rings is 2. The Hall–Kier alpha value is -3.36. The van der Waals surface area contributed by atoms with E-state index in [4.69, 9.17) is 16.3 Å². The van der Waals surface area contributed by atoms with Gasteiger partial charge in [-0.05, 0) is 31.0 Å². The van der Waals surface area contributed by atoms with Gasteiger partial charge in [0.2, 0.25) is 0 Å². The summed E-state index contributed by atoms with van der Waals surface area (Å²) >= 11 is 6.27. The Morgan fingerprint density at radius 1 is 1.06 bits per heavy atom. The van der Waals surface area contributed by atoms with Crippen LogP contribution in [0.25, 0.3) is 11.2 Å². The first-order valence-electron chi connectivity index (χ1n) is 10.2. The second kappa shape index (κ2) is 9.02. The molecule has 0 saturated heterocycles. The van der Waals surface area contributed by atoms with E-state index in [-0.39, 0.29) is 36.7 Å². The van der Waals surface area contributed by atoms with Gasteiger partial charge in [-0.15, -0.1) is 0 Å². The maximum Gasteiger partial charge on any atom is 0.332 e. The monoisotopic (exact) mass is 454 g/mol. The topological polar surface area (TPSA) is 91.3 Å². The van der Waals surface area contributed by atoms with Crippen molar-refractivity contribution in [2.75, 3.05) is 6.61 Å². The van der Waals surface area contributed by atoms with Crippen LogP contribution in [0.4, 0.5) is 0 Å². The summed E-state index contributed by atoms with van der Waals surface area (Å²) in [6.07, 6.45) is 0.287. The maximum atomic E-state index is 13.3. The highest BCUT2D eigenvalue weighted by molar-refractivity contribution is 6.32. The van der Waals surface area contributed by atoms with E-state index in [0.717, 1.165) is 15.7 Å². The first-order chi connectivity index (χ1) is 15.4. The van der Waals surface area contributed by atoms with Crippen molar-refractivity contribution < 1.29 is 9.84 Å². The van der Waals surface area contributed by atoms with Crippen LogP contribution in [0.5, 0.6) is 11.8 Å². The number of para-hydroxylation sites is 1. The molecule has 0 saturated carbocycles. The van der Waals surface area contributed by atoms with Crippen molar-refractivity contribution >= 4 is 22.8 Å². The van der Waals surface area contributed by atoms with E-state index in [2.05, 4.69) is 4.98 Å². The molecule has 0 fully saturated rings. The van der Waals surface area contributed by atoms with E-state index in [1.54, 1.807) is 35.9 Å². The van der Waals surface area contributed by atoms with Crippen LogP contribution < -0.4 is 16.0 Å². The number of nitrogens with zero attached hydrogens (tertiary/aromatic N) is 4. The highest BCUT2D eigenvalue weighted by Crippen LogP contribution is 2.30. The molecule has 0 spiro atoms. The molecule has 2 aromatic carbocycles. The van der Waals surface area contributed by atoms with Gasteiger partial charge in [-0.2, -0.15) is 4.98 Å². The molecule has 2 heterocycles. The molecular weight excluding hydrogens is 432 g/mol. The Morgan fingerprint density at radius 2 is 1.78 bits per heavy atom. The summed E-state index contributed by atoms with van der Waals surface area (Å²) in [6.45, 7) is 2.29. The predicted molar refractivity (Wildman–Crippen MR) is 123 cm³/mol. The third-order valence-corrected chi connectivity index (χ3v) is 5.55. The van der Waals surface area contributed by atoms with Crippen molar-refractivity contribution in [3.05, 3.63) is 85.5 Å². The summed E-state index contributed by atoms with van der Waals surface area (Å²) < 4.78 is 10.1. The molecule has 0 bridgehead atoms. The number of aryl methyl sites for hydroxylation is 2. The summed E-state index contributed by atoms with van der Waals surface area (Å²) in [5.41, 5.74) is 1.53. The lowest BCUT2D eigenvalue weighted by Crippen LogP contribution is -2.39. The standard InChI is InChI=1S/C23H23ClN4O4/c1-15-8-10-16(11-9-15)14-28-19-20(25-22(28)32-18-7-4-3-6-17(18)24)26(2)23(31)27(21(19)30)12-5-13-29/h3-4,6-11,29H,5,12-14H2,1-2H3. The molecule has 0 radical (unpaired) electrons. The summed E-state index contributed by atoms with van der Waals surface area (Å²) in [5, 5.41) is 9.58. The van der Waals surface area contributed by atoms with E-state index in [0.29, 0.717) is 17.3 Å². The number of rotatable bonds is 7. The summed E-state index contributed by atoms with van der Waals surface area (Å²) in [4.78, 5) is 30.6. The van der Waals surface area contributed by atoms with E-state index < -0.39 is 11.2 Å². The lowest BCUT2D eigenvalue weighted by Gasteiger charge is -2.12. The number of aliphatic hydroxyl groups excluding tert-OH is 1. The highest BCUT2D eigenvalue weighted by Gasteiger charge is 2.22. The molecule has 4 aromatic rings. The van der Waals surface area contributed by atoms with Crippen molar-refractivity contribution in [1.82, 2.24) is 18.7 Å². The number of aliphatic hydroxyl groups is 1. The fraction of sp³-hybridized carbons (Fsp3) is 0.261. The first-order valence-corrected chi connectivity index (χ1v) is 10.6. The number of hydrogen-bond donors (Lipinski definition) is 1. The van der Waals surface area contributed by atoms with Crippen molar-refractivity contribution in [2.45, 2.75) is 26.4 Å². The van der Waals surface area contributed by atoms with E-state index in [1.165, 1.54) is 4.57 Å². The maximum absolute atomic E-state index is 13.3. The zero-order valence-corrected chi connectivity index (χ0v) is 18.5. The number of fused-ring (bicyclic) bond motifs is 1. The Morgan fingerprint density at radius 3 is 2.47 bits per heavy atom. The number of ether oxygens (including phenoxy) is 1. The fourth-order valence-corrected chi connectivity index (χ4v) is 3.68. The van der Waals surface area contributed by atoms with Crippen molar-refractivity contribution in [2.24, 2.45) is 7.05 Å². The first kappa shape index (κ1) is 21.9. The van der Waals surface area contributed by atoms with Gasteiger partial charge < -0.3 is 9.84 Å². The molecule has 32 heavy (non-hydrogen) atoms. The highest BCUT2D eigenvalue weighted by atomic mass is 35.5. The minimum Gasteiger partial charge on any atom is -0.424 e. The Bertz CT molecular complexity index is 1390. The van der Waals surface area contributed by atoms with Crippen LogP contribution in [-0.4, -0.2) is 30.4 Å². The van der Waals surface area contributed by atoms with E-state index in [1.807, 2.05) is 31.2 Å². The van der Waals surface area contributed by atoms with Gasteiger partial charge in [0, 0.05) is 20.2 Å². The number of aromatic nitrogens is 4. The van der Waals surface area contributed by atoms with Gasteiger partial charge in [0.05, 0.1) is 11.6 Å². The summed E-state index contributed by atoms with van der Waals surface area (Å²) in [6, 6.07) is 15.0. The van der Waals surface area contributed by atoms with Crippen LogP contribution in [0.3, 0.4) is 0 Å². The summed E-state index contributed by atoms with van der Waals surface area (Å²) in [7, 11) is 1.56. The van der Waals surface area contributed by atoms with Crippen LogP contribution in [0, 0.1) is 6.92 Å². The minimum atomic E-state index is -0.500. The van der Waals surface area contributed by atoms with Crippen molar-refractivity contribution in [3.63, 3.8) is 0 Å². The Labute approximate surface area is 188 Å². The molecule has 0 amide bonds. The van der Waals surface area contributed by atoms with Crippen LogP contribution in [0.15, 0.2) is 58.1 Å². The van der Waals surface area contributed by atoms with Gasteiger partial charge >= 0.3 is 11.7 Å². The van der Waals surface area contributed by atoms with Crippen LogP contribution in [-0.2, 0) is 20.1 Å². The molecule has 0 aliphatic rings. The van der Waals surface area contributed by atoms with E-state index in [9.17, 15) is 14.7 Å².